The lowest BCUT2D eigenvalue weighted by molar-refractivity contribution is 0.555. The normalized spacial score (nSPS) is 39.7. The summed E-state index contributed by atoms with van der Waals surface area (Å²) in [5.41, 5.74) is -0.0272. The molecule has 60 valence electrons. The third kappa shape index (κ3) is 1.86. The van der Waals surface area contributed by atoms with Crippen molar-refractivity contribution in [2.45, 2.75) is 20.3 Å². The van der Waals surface area contributed by atoms with E-state index in [0.29, 0.717) is 5.92 Å². The zero-order chi connectivity index (χ0) is 7.99. The van der Waals surface area contributed by atoms with E-state index < -0.39 is 9.05 Å². The van der Waals surface area contributed by atoms with Gasteiger partial charge in [-0.1, -0.05) is 13.8 Å². The fraction of sp³-hybridized carbons (Fsp3) is 1.00. The van der Waals surface area contributed by atoms with Crippen LogP contribution in [0.5, 0.6) is 0 Å². The average Bonchev–Trinajstić information content (AvgIpc) is 2.05. The fourth-order valence-electron chi connectivity index (χ4n) is 1.24. The fourth-order valence-corrected chi connectivity index (χ4v) is 3.17. The van der Waals surface area contributed by atoms with E-state index in [1.807, 2.05) is 13.8 Å². The summed E-state index contributed by atoms with van der Waals surface area (Å²) in [6.07, 6.45) is 0.985. The van der Waals surface area contributed by atoms with Crippen LogP contribution in [0, 0.1) is 11.3 Å². The number of halogens is 1. The molecule has 1 fully saturated rings. The van der Waals surface area contributed by atoms with Crippen molar-refractivity contribution in [2.24, 2.45) is 11.3 Å². The highest BCUT2D eigenvalue weighted by atomic mass is 35.7. The van der Waals surface area contributed by atoms with Crippen LogP contribution < -0.4 is 0 Å². The largest absolute Gasteiger partial charge is 0.233 e. The minimum Gasteiger partial charge on any atom is -0.212 e. The molecule has 10 heavy (non-hydrogen) atoms. The molecule has 0 amide bonds. The molecule has 0 spiro atoms. The lowest BCUT2D eigenvalue weighted by Crippen LogP contribution is -2.10. The van der Waals surface area contributed by atoms with Crippen molar-refractivity contribution in [3.63, 3.8) is 0 Å². The van der Waals surface area contributed by atoms with E-state index in [1.54, 1.807) is 0 Å². The van der Waals surface area contributed by atoms with Crippen LogP contribution in [-0.4, -0.2) is 14.2 Å². The molecule has 0 bridgehead atoms. The highest BCUT2D eigenvalue weighted by Crippen LogP contribution is 2.52. The van der Waals surface area contributed by atoms with Gasteiger partial charge in [0.15, 0.2) is 0 Å². The van der Waals surface area contributed by atoms with Gasteiger partial charge in [-0.05, 0) is 17.8 Å². The van der Waals surface area contributed by atoms with Crippen LogP contribution in [0.4, 0.5) is 0 Å². The molecule has 0 aromatic carbocycles. The highest BCUT2D eigenvalue weighted by Gasteiger charge is 2.48. The van der Waals surface area contributed by atoms with Gasteiger partial charge in [0.05, 0.1) is 5.75 Å². The lowest BCUT2D eigenvalue weighted by Gasteiger charge is -2.04. The summed E-state index contributed by atoms with van der Waals surface area (Å²) in [6, 6.07) is 0. The Morgan fingerprint density at radius 1 is 1.70 bits per heavy atom. The maximum absolute atomic E-state index is 10.6. The van der Waals surface area contributed by atoms with Crippen LogP contribution in [0.2, 0.25) is 0 Å². The molecule has 0 aromatic heterocycles. The van der Waals surface area contributed by atoms with Gasteiger partial charge in [0.2, 0.25) is 9.05 Å². The predicted molar refractivity (Wildman–Crippen MR) is 41.5 cm³/mol. The summed E-state index contributed by atoms with van der Waals surface area (Å²) in [5.74, 6) is 0.643. The average molecular weight is 183 g/mol. The summed E-state index contributed by atoms with van der Waals surface area (Å²) in [6.45, 7) is 4.00. The van der Waals surface area contributed by atoms with E-state index in [0.717, 1.165) is 6.42 Å². The molecule has 0 aromatic rings. The monoisotopic (exact) mass is 182 g/mol. The predicted octanol–water partition coefficient (Wildman–Crippen LogP) is 1.60. The third-order valence-electron chi connectivity index (χ3n) is 2.30. The summed E-state index contributed by atoms with van der Waals surface area (Å²) in [4.78, 5) is 0. The van der Waals surface area contributed by atoms with Gasteiger partial charge in [-0.2, -0.15) is 0 Å². The van der Waals surface area contributed by atoms with Crippen molar-refractivity contribution in [2.75, 3.05) is 5.75 Å². The molecule has 0 heterocycles. The van der Waals surface area contributed by atoms with E-state index >= 15 is 0 Å². The van der Waals surface area contributed by atoms with Crippen LogP contribution in [-0.2, 0) is 9.05 Å². The number of hydrogen-bond acceptors (Lipinski definition) is 2. The second kappa shape index (κ2) is 2.11. The smallest absolute Gasteiger partial charge is 0.212 e. The van der Waals surface area contributed by atoms with E-state index in [-0.39, 0.29) is 11.2 Å². The first-order valence-electron chi connectivity index (χ1n) is 3.26. The Bertz CT molecular complexity index is 234. The summed E-state index contributed by atoms with van der Waals surface area (Å²) >= 11 is 0. The molecule has 0 N–H and O–H groups in total. The molecule has 0 aliphatic heterocycles. The Morgan fingerprint density at radius 2 is 2.10 bits per heavy atom. The number of rotatable bonds is 2. The molecule has 1 aliphatic carbocycles. The first-order chi connectivity index (χ1) is 4.33. The van der Waals surface area contributed by atoms with Crippen molar-refractivity contribution in [3.05, 3.63) is 0 Å². The standard InChI is InChI=1S/C6H11ClO2S/c1-5-3-6(5,2)4-10(7,8)9/h5H,3-4H2,1-2H3. The molecule has 0 saturated heterocycles. The van der Waals surface area contributed by atoms with Crippen LogP contribution in [0.1, 0.15) is 20.3 Å². The molecule has 2 nitrogen and oxygen atoms in total. The Hall–Kier alpha value is 0.240. The maximum Gasteiger partial charge on any atom is 0.233 e. The van der Waals surface area contributed by atoms with E-state index in [9.17, 15) is 8.42 Å². The Morgan fingerprint density at radius 3 is 2.20 bits per heavy atom. The molecular weight excluding hydrogens is 172 g/mol. The van der Waals surface area contributed by atoms with Crippen LogP contribution in [0.25, 0.3) is 0 Å². The van der Waals surface area contributed by atoms with Crippen LogP contribution in [0.3, 0.4) is 0 Å². The zero-order valence-corrected chi connectivity index (χ0v) is 7.67. The minimum atomic E-state index is -3.28. The summed E-state index contributed by atoms with van der Waals surface area (Å²) < 4.78 is 21.2. The first-order valence-corrected chi connectivity index (χ1v) is 5.74. The van der Waals surface area contributed by atoms with Gasteiger partial charge >= 0.3 is 0 Å². The van der Waals surface area contributed by atoms with E-state index in [2.05, 4.69) is 0 Å². The zero-order valence-electron chi connectivity index (χ0n) is 6.09. The van der Waals surface area contributed by atoms with Gasteiger partial charge in [-0.3, -0.25) is 0 Å². The third-order valence-corrected chi connectivity index (χ3v) is 3.64. The Labute approximate surface area is 66.0 Å². The molecule has 0 radical (unpaired) electrons. The van der Waals surface area contributed by atoms with Crippen molar-refractivity contribution in [1.82, 2.24) is 0 Å². The lowest BCUT2D eigenvalue weighted by atomic mass is 10.1. The molecule has 1 rings (SSSR count). The molecule has 4 heteroatoms. The quantitative estimate of drug-likeness (QED) is 0.608. The van der Waals surface area contributed by atoms with E-state index in [1.165, 1.54) is 0 Å². The van der Waals surface area contributed by atoms with Crippen molar-refractivity contribution >= 4 is 19.7 Å². The molecule has 1 aliphatic rings. The molecule has 2 unspecified atom stereocenters. The second-order valence-electron chi connectivity index (χ2n) is 3.44. The molecular formula is C6H11ClO2S. The summed E-state index contributed by atoms with van der Waals surface area (Å²) in [7, 11) is 1.82. The van der Waals surface area contributed by atoms with Crippen molar-refractivity contribution < 1.29 is 8.42 Å². The van der Waals surface area contributed by atoms with Crippen LogP contribution >= 0.6 is 10.7 Å². The van der Waals surface area contributed by atoms with Gasteiger partial charge < -0.3 is 0 Å². The van der Waals surface area contributed by atoms with E-state index in [4.69, 9.17) is 10.7 Å². The first kappa shape index (κ1) is 8.34. The van der Waals surface area contributed by atoms with Gasteiger partial charge in [0.1, 0.15) is 0 Å². The van der Waals surface area contributed by atoms with Gasteiger partial charge in [0, 0.05) is 10.7 Å². The molecule has 2 atom stereocenters. The van der Waals surface area contributed by atoms with Gasteiger partial charge in [0.25, 0.3) is 0 Å². The number of hydrogen-bond donors (Lipinski definition) is 0. The topological polar surface area (TPSA) is 34.1 Å². The van der Waals surface area contributed by atoms with Gasteiger partial charge in [-0.25, -0.2) is 8.42 Å². The Kier molecular flexibility index (Phi) is 1.76. The van der Waals surface area contributed by atoms with Crippen molar-refractivity contribution in [1.29, 1.82) is 0 Å². The summed E-state index contributed by atoms with van der Waals surface area (Å²) in [5, 5.41) is 0. The maximum atomic E-state index is 10.6. The Balaban J connectivity index is 2.57. The highest BCUT2D eigenvalue weighted by molar-refractivity contribution is 8.13. The SMILES string of the molecule is CC1CC1(C)CS(=O)(=O)Cl. The van der Waals surface area contributed by atoms with Gasteiger partial charge in [-0.15, -0.1) is 0 Å². The minimum absolute atomic E-state index is 0.0272. The molecule has 1 saturated carbocycles. The second-order valence-corrected chi connectivity index (χ2v) is 6.22. The van der Waals surface area contributed by atoms with Crippen LogP contribution in [0.15, 0.2) is 0 Å². The van der Waals surface area contributed by atoms with Crippen molar-refractivity contribution in [3.8, 4) is 0 Å².